The number of likely N-dealkylation sites (tertiary alicyclic amines) is 1. The number of hydrogen-bond acceptors (Lipinski definition) is 3. The number of para-hydroxylation sites is 1. The summed E-state index contributed by atoms with van der Waals surface area (Å²) in [6.45, 7) is 4.34. The summed E-state index contributed by atoms with van der Waals surface area (Å²) in [5.41, 5.74) is 2.87. The highest BCUT2D eigenvalue weighted by Gasteiger charge is 2.24. The van der Waals surface area contributed by atoms with Gasteiger partial charge in [0.25, 0.3) is 5.91 Å². The first-order chi connectivity index (χ1) is 16.1. The van der Waals surface area contributed by atoms with Crippen LogP contribution in [-0.2, 0) is 13.0 Å². The Balaban J connectivity index is 1.41. The minimum absolute atomic E-state index is 0.0650. The molecular weight excluding hydrogens is 434 g/mol. The molecule has 4 nitrogen and oxygen atoms in total. The third kappa shape index (κ3) is 6.08. The summed E-state index contributed by atoms with van der Waals surface area (Å²) in [4.78, 5) is 15.2. The van der Waals surface area contributed by atoms with E-state index in [2.05, 4.69) is 30.3 Å². The van der Waals surface area contributed by atoms with Crippen LogP contribution in [0.15, 0.2) is 72.8 Å². The quantitative estimate of drug-likeness (QED) is 0.387. The molecule has 5 heteroatoms. The van der Waals surface area contributed by atoms with Crippen LogP contribution in [0.5, 0.6) is 11.5 Å². The van der Waals surface area contributed by atoms with Crippen molar-refractivity contribution in [3.05, 3.63) is 94.5 Å². The first-order valence-corrected chi connectivity index (χ1v) is 12.0. The number of hydrogen-bond donors (Lipinski definition) is 0. The van der Waals surface area contributed by atoms with Crippen molar-refractivity contribution in [1.29, 1.82) is 0 Å². The van der Waals surface area contributed by atoms with Gasteiger partial charge in [0, 0.05) is 24.2 Å². The standard InChI is InChI=1S/C28H30ClNO3/c1-2-32-26-13-12-23(19-24(26)20-33-27-11-7-6-10-25(27)29)28(31)30-16-14-22(15-17-30)18-21-8-4-3-5-9-21/h3-13,19,22H,2,14-18,20H2,1H3. The highest BCUT2D eigenvalue weighted by Crippen LogP contribution is 2.28. The van der Waals surface area contributed by atoms with Gasteiger partial charge in [0.2, 0.25) is 0 Å². The fourth-order valence-electron chi connectivity index (χ4n) is 4.31. The SMILES string of the molecule is CCOc1ccc(C(=O)N2CCC(Cc3ccccc3)CC2)cc1COc1ccccc1Cl. The van der Waals surface area contributed by atoms with Crippen molar-refractivity contribution in [2.24, 2.45) is 5.92 Å². The topological polar surface area (TPSA) is 38.8 Å². The molecule has 3 aromatic carbocycles. The summed E-state index contributed by atoms with van der Waals surface area (Å²) in [7, 11) is 0. The molecule has 1 amide bonds. The molecule has 4 rings (SSSR count). The Kier molecular flexibility index (Phi) is 7.90. The summed E-state index contributed by atoms with van der Waals surface area (Å²) in [6, 6.07) is 23.6. The van der Waals surface area contributed by atoms with Crippen LogP contribution in [0.4, 0.5) is 0 Å². The number of nitrogens with zero attached hydrogens (tertiary/aromatic N) is 1. The lowest BCUT2D eigenvalue weighted by atomic mass is 9.90. The van der Waals surface area contributed by atoms with Crippen molar-refractivity contribution in [3.8, 4) is 11.5 Å². The van der Waals surface area contributed by atoms with Crippen molar-refractivity contribution >= 4 is 17.5 Å². The van der Waals surface area contributed by atoms with Gasteiger partial charge in [0.1, 0.15) is 18.1 Å². The molecule has 0 aromatic heterocycles. The van der Waals surface area contributed by atoms with E-state index in [1.165, 1.54) is 5.56 Å². The Morgan fingerprint density at radius 2 is 1.67 bits per heavy atom. The summed E-state index contributed by atoms with van der Waals surface area (Å²) < 4.78 is 11.7. The van der Waals surface area contributed by atoms with Gasteiger partial charge in [-0.05, 0) is 68.0 Å². The fraction of sp³-hybridized carbons (Fsp3) is 0.321. The summed E-state index contributed by atoms with van der Waals surface area (Å²) >= 11 is 6.22. The molecule has 0 aliphatic carbocycles. The molecular formula is C28H30ClNO3. The Bertz CT molecular complexity index is 1060. The van der Waals surface area contributed by atoms with E-state index in [0.717, 1.165) is 43.7 Å². The number of ether oxygens (including phenoxy) is 2. The Labute approximate surface area is 201 Å². The second kappa shape index (κ2) is 11.2. The van der Waals surface area contributed by atoms with Crippen LogP contribution in [0, 0.1) is 5.92 Å². The molecule has 0 unspecified atom stereocenters. The molecule has 3 aromatic rings. The molecule has 0 spiro atoms. The molecule has 0 N–H and O–H groups in total. The van der Waals surface area contributed by atoms with Gasteiger partial charge < -0.3 is 14.4 Å². The summed E-state index contributed by atoms with van der Waals surface area (Å²) in [5, 5.41) is 0.557. The highest BCUT2D eigenvalue weighted by molar-refractivity contribution is 6.32. The first kappa shape index (κ1) is 23.2. The van der Waals surface area contributed by atoms with Crippen molar-refractivity contribution in [2.75, 3.05) is 19.7 Å². The predicted octanol–water partition coefficient (Wildman–Crippen LogP) is 6.41. The van der Waals surface area contributed by atoms with Crippen LogP contribution in [0.1, 0.15) is 41.3 Å². The molecule has 1 fully saturated rings. The molecule has 0 atom stereocenters. The summed E-state index contributed by atoms with van der Waals surface area (Å²) in [5.74, 6) is 2.02. The number of carbonyl (C=O) groups is 1. The fourth-order valence-corrected chi connectivity index (χ4v) is 4.50. The van der Waals surface area contributed by atoms with Crippen molar-refractivity contribution in [1.82, 2.24) is 4.90 Å². The molecule has 33 heavy (non-hydrogen) atoms. The van der Waals surface area contributed by atoms with Crippen LogP contribution in [-0.4, -0.2) is 30.5 Å². The van der Waals surface area contributed by atoms with Crippen LogP contribution < -0.4 is 9.47 Å². The van der Waals surface area contributed by atoms with Gasteiger partial charge in [-0.25, -0.2) is 0 Å². The van der Waals surface area contributed by atoms with Crippen LogP contribution in [0.2, 0.25) is 5.02 Å². The van der Waals surface area contributed by atoms with Gasteiger partial charge in [0.05, 0.1) is 11.6 Å². The van der Waals surface area contributed by atoms with Crippen LogP contribution >= 0.6 is 11.6 Å². The Morgan fingerprint density at radius 3 is 2.39 bits per heavy atom. The van der Waals surface area contributed by atoms with Gasteiger partial charge in [0.15, 0.2) is 0 Å². The van der Waals surface area contributed by atoms with Gasteiger partial charge in [-0.15, -0.1) is 0 Å². The smallest absolute Gasteiger partial charge is 0.253 e. The third-order valence-electron chi connectivity index (χ3n) is 6.10. The molecule has 1 aliphatic heterocycles. The number of piperidine rings is 1. The van der Waals surface area contributed by atoms with E-state index in [1.54, 1.807) is 6.07 Å². The minimum Gasteiger partial charge on any atom is -0.493 e. The average molecular weight is 464 g/mol. The largest absolute Gasteiger partial charge is 0.493 e. The predicted molar refractivity (Wildman–Crippen MR) is 132 cm³/mol. The molecule has 1 aliphatic rings. The van der Waals surface area contributed by atoms with Crippen molar-refractivity contribution < 1.29 is 14.3 Å². The lowest BCUT2D eigenvalue weighted by Crippen LogP contribution is -2.39. The number of amides is 1. The highest BCUT2D eigenvalue weighted by atomic mass is 35.5. The van der Waals surface area contributed by atoms with Gasteiger partial charge in [-0.2, -0.15) is 0 Å². The van der Waals surface area contributed by atoms with E-state index >= 15 is 0 Å². The monoisotopic (exact) mass is 463 g/mol. The van der Waals surface area contributed by atoms with Crippen LogP contribution in [0.3, 0.4) is 0 Å². The molecule has 1 heterocycles. The average Bonchev–Trinajstić information content (AvgIpc) is 2.85. The second-order valence-corrected chi connectivity index (χ2v) is 8.81. The zero-order valence-corrected chi connectivity index (χ0v) is 19.8. The number of carbonyl (C=O) groups excluding carboxylic acids is 1. The molecule has 0 radical (unpaired) electrons. The number of benzene rings is 3. The number of rotatable bonds is 8. The van der Waals surface area contributed by atoms with Gasteiger partial charge >= 0.3 is 0 Å². The Hall–Kier alpha value is -2.98. The minimum atomic E-state index is 0.0650. The zero-order chi connectivity index (χ0) is 23.0. The lowest BCUT2D eigenvalue weighted by molar-refractivity contribution is 0.0690. The van der Waals surface area contributed by atoms with Gasteiger partial charge in [-0.1, -0.05) is 54.1 Å². The first-order valence-electron chi connectivity index (χ1n) is 11.6. The molecule has 1 saturated heterocycles. The molecule has 0 saturated carbocycles. The van der Waals surface area contributed by atoms with Crippen molar-refractivity contribution in [2.45, 2.75) is 32.8 Å². The number of halogens is 1. The molecule has 0 bridgehead atoms. The van der Waals surface area contributed by atoms with Gasteiger partial charge in [-0.3, -0.25) is 4.79 Å². The van der Waals surface area contributed by atoms with E-state index in [-0.39, 0.29) is 12.5 Å². The maximum absolute atomic E-state index is 13.2. The Morgan fingerprint density at radius 1 is 0.939 bits per heavy atom. The van der Waals surface area contributed by atoms with E-state index in [1.807, 2.05) is 48.2 Å². The van der Waals surface area contributed by atoms with Crippen molar-refractivity contribution in [3.63, 3.8) is 0 Å². The maximum atomic E-state index is 13.2. The maximum Gasteiger partial charge on any atom is 0.253 e. The normalized spacial score (nSPS) is 14.2. The van der Waals surface area contributed by atoms with E-state index in [0.29, 0.717) is 28.9 Å². The zero-order valence-electron chi connectivity index (χ0n) is 19.0. The lowest BCUT2D eigenvalue weighted by Gasteiger charge is -2.32. The van der Waals surface area contributed by atoms with E-state index < -0.39 is 0 Å². The van der Waals surface area contributed by atoms with Crippen LogP contribution in [0.25, 0.3) is 0 Å². The second-order valence-electron chi connectivity index (χ2n) is 8.40. The molecule has 172 valence electrons. The van der Waals surface area contributed by atoms with E-state index in [9.17, 15) is 4.79 Å². The third-order valence-corrected chi connectivity index (χ3v) is 6.41. The van der Waals surface area contributed by atoms with E-state index in [4.69, 9.17) is 21.1 Å². The summed E-state index contributed by atoms with van der Waals surface area (Å²) in [6.07, 6.45) is 3.13.